The van der Waals surface area contributed by atoms with E-state index in [9.17, 15) is 52.7 Å². The molecule has 38 nitrogen and oxygen atoms in total. The topological polar surface area (TPSA) is 479 Å². The number of aliphatic carboxylic acids is 2. The van der Waals surface area contributed by atoms with E-state index in [-0.39, 0.29) is 176 Å². The molecule has 7 atom stereocenters. The van der Waals surface area contributed by atoms with E-state index in [0.717, 1.165) is 35.2 Å². The molecule has 0 aromatic heterocycles. The maximum absolute atomic E-state index is 11.9. The minimum absolute atomic E-state index is 0. The standard InChI is InChI=1S/C14H20N2O3.C14H17NO4.C12H22N2O5.C11H19NO4.C10H17NO5.C8H7ClO2.C6H11NO2.C2H7NO.C2H4O2.3CH4.CH3.BrH.Mg.H3N/c1-11(15)13-9-16(7-8-18-13)14(17)19-10-12-5-3-2-4-6-12;1-11(16)13-9-15(7-8-18-13)14(17)19-10-12-5-3-2-4-6-12;1-12(2,3)19-11(16)14-6-7-18-9(8-14)10(15)13(4)17-5;1-8(13)9-7-12(5-6-15-9)10(14)16-11(2,3)4;1-10(2,3)16-9(14)11-4-5-15-7(6-11)8(12)13;9-8(10)11-6-7-4-2-1-3-5-7;1-5(8)6-4-7-2-3-9-6;1-3-4-2;1-2(3)4;;;;;;;/h2-6,11,13H,7-10,15H2,1H3;2-6,13H,7-10H2,1H3;9H,6-8H2,1-5H3;9H,5-7H2,1-4H3;7H,4-6H2,1-3H3,(H,12,13);1-5H,6H2;6-7H,2-4H2,1H3;3H,1-2H3;1H3,(H,3,4);3*1H4;1H3;1H;;1H3/q;;;;;;;;;;;;-1;;+2;/p-1. The van der Waals surface area contributed by atoms with Crippen LogP contribution in [0.5, 0.6) is 0 Å². The van der Waals surface area contributed by atoms with Gasteiger partial charge in [-0.1, -0.05) is 113 Å². The van der Waals surface area contributed by atoms with Crippen LogP contribution in [0, 0.1) is 7.43 Å². The number of carbonyl (C=O) groups is 12. The minimum Gasteiger partial charge on any atom is -1.00 e. The summed E-state index contributed by atoms with van der Waals surface area (Å²) in [5.74, 6) is -2.24. The number of benzene rings is 3. The average molecular weight is 1870 g/mol. The second-order valence-corrected chi connectivity index (χ2v) is 29.5. The van der Waals surface area contributed by atoms with Crippen LogP contribution < -0.4 is 39.7 Å². The Morgan fingerprint density at radius 1 is 0.500 bits per heavy atom. The van der Waals surface area contributed by atoms with Gasteiger partial charge in [-0.15, -0.1) is 0 Å². The Hall–Kier alpha value is -8.04. The van der Waals surface area contributed by atoms with E-state index in [1.807, 2.05) is 119 Å². The molecule has 9 N–H and O–H groups in total. The number of rotatable bonds is 14. The third kappa shape index (κ3) is 60.6. The van der Waals surface area contributed by atoms with Gasteiger partial charge in [0.05, 0.1) is 92.7 Å². The van der Waals surface area contributed by atoms with E-state index < -0.39 is 76.9 Å². The zero-order chi connectivity index (χ0) is 88.4. The third-order valence-electron chi connectivity index (χ3n) is 15.6. The molecule has 3 aromatic rings. The molecule has 41 heteroatoms. The average Bonchev–Trinajstić information content (AvgIpc) is 0.845. The van der Waals surface area contributed by atoms with E-state index >= 15 is 0 Å². The predicted molar refractivity (Wildman–Crippen MR) is 463 cm³/mol. The SMILES string of the molecule is C.C.C.CC(=O)C1CN(C(=O)OC(C)(C)C)CCO1.CC(=O)C1CN(C(=O)OCc2ccccc2)CCO1.CC(=O)C1CNCCO1.CC(=O)O.CC(C)(C)OC(=O)N1CCOC(C(=O)O)C1.CC(N)C1CN(C(=O)OCc2ccccc2)CCO1.CNOC.CON(C)C(=O)C1CN(C(=O)OC(C)(C)C)CCO1.N.O=C(Cl)OCc1ccccc1.[Br-].[CH3-].[Mg+2]. The van der Waals surface area contributed by atoms with Gasteiger partial charge in [-0.2, -0.15) is 0 Å². The van der Waals surface area contributed by atoms with E-state index in [0.29, 0.717) is 85.5 Å². The van der Waals surface area contributed by atoms with Crippen molar-refractivity contribution in [3.05, 3.63) is 115 Å². The number of Topliss-reactive ketones (excluding diaryl/α,β-unsaturated/α-hetero) is 3. The number of carboxylic acid groups (broad SMARTS) is 2. The van der Waals surface area contributed by atoms with Gasteiger partial charge in [-0.05, 0) is 107 Å². The molecule has 0 radical (unpaired) electrons. The van der Waals surface area contributed by atoms with Crippen molar-refractivity contribution in [3.63, 3.8) is 0 Å². The molecule has 6 saturated heterocycles. The molecule has 6 aliphatic heterocycles. The molecule has 3 aromatic carbocycles. The van der Waals surface area contributed by atoms with Crippen LogP contribution in [0.15, 0.2) is 91.0 Å². The first-order valence-corrected chi connectivity index (χ1v) is 38.1. The van der Waals surface area contributed by atoms with Crippen LogP contribution in [0.1, 0.15) is 136 Å². The Balaban J connectivity index is -0.000000254. The number of amides is 6. The number of halogens is 2. The van der Waals surface area contributed by atoms with Crippen LogP contribution in [0.2, 0.25) is 0 Å². The summed E-state index contributed by atoms with van der Waals surface area (Å²) in [7, 11) is 6.17. The van der Waals surface area contributed by atoms with Crippen LogP contribution in [0.4, 0.5) is 28.8 Å². The van der Waals surface area contributed by atoms with Crippen molar-refractivity contribution < 1.29 is 151 Å². The molecule has 6 amide bonds. The number of carboxylic acids is 2. The van der Waals surface area contributed by atoms with E-state index in [1.165, 1.54) is 47.6 Å². The Kier molecular flexibility index (Phi) is 72.9. The second-order valence-electron chi connectivity index (χ2n) is 29.1. The number of ketones is 3. The Labute approximate surface area is 765 Å². The molecule has 6 fully saturated rings. The number of hydrogen-bond donors (Lipinski definition) is 6. The van der Waals surface area contributed by atoms with Gasteiger partial charge in [0.25, 0.3) is 11.9 Å². The summed E-state index contributed by atoms with van der Waals surface area (Å²) in [6, 6.07) is 28.4. The van der Waals surface area contributed by atoms with Crippen molar-refractivity contribution in [2.45, 2.75) is 199 Å². The first-order chi connectivity index (χ1) is 54.9. The molecule has 708 valence electrons. The van der Waals surface area contributed by atoms with Crippen molar-refractivity contribution in [1.82, 2.24) is 46.5 Å². The largest absolute Gasteiger partial charge is 2.00 e. The molecule has 6 heterocycles. The molecular formula is C83H142BrClMgN10O28. The van der Waals surface area contributed by atoms with Crippen LogP contribution in [-0.2, 0) is 115 Å². The molecule has 124 heavy (non-hydrogen) atoms. The van der Waals surface area contributed by atoms with Crippen molar-refractivity contribution in [2.75, 3.05) is 146 Å². The minimum atomic E-state index is -1.06. The summed E-state index contributed by atoms with van der Waals surface area (Å²) in [5.41, 5.74) is 8.65. The number of morpholine rings is 6. The quantitative estimate of drug-likeness (QED) is 0.0322. The number of nitrogens with two attached hydrogens (primary N) is 1. The van der Waals surface area contributed by atoms with Crippen molar-refractivity contribution >= 4 is 106 Å². The Morgan fingerprint density at radius 2 is 0.782 bits per heavy atom. The molecule has 0 bridgehead atoms. The van der Waals surface area contributed by atoms with Gasteiger partial charge in [0.2, 0.25) is 0 Å². The Morgan fingerprint density at radius 3 is 1.06 bits per heavy atom. The first-order valence-electron chi connectivity index (χ1n) is 37.7. The number of hydroxylamine groups is 3. The van der Waals surface area contributed by atoms with Crippen molar-refractivity contribution in [1.29, 1.82) is 0 Å². The molecule has 9 rings (SSSR count). The van der Waals surface area contributed by atoms with Gasteiger partial charge >= 0.3 is 64.9 Å². The summed E-state index contributed by atoms with van der Waals surface area (Å²) in [5, 5.41) is 20.3. The molecule has 0 saturated carbocycles. The monoisotopic (exact) mass is 1860 g/mol. The number of ether oxygens (including phenoxy) is 12. The maximum Gasteiger partial charge on any atom is 2.00 e. The van der Waals surface area contributed by atoms with Gasteiger partial charge in [-0.3, -0.25) is 28.8 Å². The number of nitrogens with zero attached hydrogens (tertiary/aromatic N) is 6. The van der Waals surface area contributed by atoms with E-state index in [2.05, 4.69) is 20.4 Å². The van der Waals surface area contributed by atoms with E-state index in [4.69, 9.17) is 89.3 Å². The van der Waals surface area contributed by atoms with Gasteiger partial charge < -0.3 is 138 Å². The van der Waals surface area contributed by atoms with Gasteiger partial charge in [-0.25, -0.2) is 44.1 Å². The number of hydrogen-bond acceptors (Lipinski definition) is 30. The fourth-order valence-electron chi connectivity index (χ4n) is 9.64. The summed E-state index contributed by atoms with van der Waals surface area (Å²) in [4.78, 5) is 150. The van der Waals surface area contributed by atoms with Crippen LogP contribution in [-0.4, -0.2) is 340 Å². The normalized spacial score (nSPS) is 18.1. The summed E-state index contributed by atoms with van der Waals surface area (Å²) in [6.07, 6.45) is -5.06. The fourth-order valence-corrected chi connectivity index (χ4v) is 9.70. The molecule has 6 aliphatic rings. The summed E-state index contributed by atoms with van der Waals surface area (Å²) >= 11 is 4.97. The first kappa shape index (κ1) is 129. The van der Waals surface area contributed by atoms with Crippen LogP contribution >= 0.6 is 11.6 Å². The zero-order valence-corrected chi connectivity index (χ0v) is 77.2. The number of likely N-dealkylation sites (N-methyl/N-ethyl adjacent to an activating group) is 1. The van der Waals surface area contributed by atoms with Crippen LogP contribution in [0.3, 0.4) is 0 Å². The molecule has 7 unspecified atom stereocenters. The smallest absolute Gasteiger partial charge is 1.00 e. The van der Waals surface area contributed by atoms with E-state index in [1.54, 1.807) is 67.5 Å². The van der Waals surface area contributed by atoms with Gasteiger partial charge in [0.1, 0.15) is 54.9 Å². The second kappa shape index (κ2) is 70.1. The van der Waals surface area contributed by atoms with Crippen molar-refractivity contribution in [2.24, 2.45) is 5.73 Å². The van der Waals surface area contributed by atoms with Crippen LogP contribution in [0.25, 0.3) is 0 Å². The third-order valence-corrected chi connectivity index (χ3v) is 15.8. The molecule has 0 aliphatic carbocycles. The fraction of sp³-hybridized carbons (Fsp3) is 0.627. The number of carbonyl (C=O) groups excluding carboxylic acids is 10. The van der Waals surface area contributed by atoms with Crippen molar-refractivity contribution in [3.8, 4) is 0 Å². The summed E-state index contributed by atoms with van der Waals surface area (Å²) in [6.45, 7) is 31.8. The molecule has 0 spiro atoms. The molecular weight excluding hydrogens is 1720 g/mol. The number of nitrogens with one attached hydrogen (secondary N) is 2. The van der Waals surface area contributed by atoms with Gasteiger partial charge in [0, 0.05) is 84.5 Å². The van der Waals surface area contributed by atoms with Gasteiger partial charge in [0.15, 0.2) is 29.6 Å². The maximum atomic E-state index is 11.9. The predicted octanol–water partition coefficient (Wildman–Crippen LogP) is 6.67. The summed E-state index contributed by atoms with van der Waals surface area (Å²) < 4.78 is 62.2. The Bertz CT molecular complexity index is 3400. The zero-order valence-electron chi connectivity index (χ0n) is 73.5.